The van der Waals surface area contributed by atoms with Gasteiger partial charge in [0, 0.05) is 37.3 Å². The van der Waals surface area contributed by atoms with Gasteiger partial charge in [0.15, 0.2) is 58.9 Å². The fourth-order valence-electron chi connectivity index (χ4n) is 6.90. The number of hydrogen-bond acceptors (Lipinski definition) is 18. The van der Waals surface area contributed by atoms with E-state index >= 15 is 0 Å². The number of carbonyl (C=O) groups excluding carboxylic acids is 4. The van der Waals surface area contributed by atoms with E-state index in [1.807, 2.05) is 0 Å². The Balaban J connectivity index is 0.951. The average Bonchev–Trinajstić information content (AvgIpc) is 3.51. The molecule has 0 saturated heterocycles. The quantitative estimate of drug-likeness (QED) is 0.00958. The molecular weight excluding hydrogens is 1220 g/mol. The van der Waals surface area contributed by atoms with Crippen molar-refractivity contribution in [3.8, 4) is 23.0 Å². The number of sulfonamides is 2. The predicted molar refractivity (Wildman–Crippen MR) is 308 cm³/mol. The molecule has 0 bridgehead atoms. The van der Waals surface area contributed by atoms with Crippen LogP contribution in [0.4, 0.5) is 17.6 Å². The van der Waals surface area contributed by atoms with Crippen LogP contribution in [-0.4, -0.2) is 180 Å². The molecule has 0 aliphatic carbocycles. The van der Waals surface area contributed by atoms with Crippen LogP contribution in [0.15, 0.2) is 104 Å². The zero-order valence-electron chi connectivity index (χ0n) is 47.5. The SMILES string of the molecule is C/C(=C\c1cc(F)c(Oc2ccc(S(=O)(=O)NCCOCCOCCOCCNC(=O)C(O)C(O)C(=O)NCCOCCOCCOCCNS(=O)(=O)c3ccc(Oc4c(F)cc(/C=C(\C)C(=O)N=C(N)N)cc4F)cc3)cc2)c(F)c1)C(=O)N=C(N)N. The van der Waals surface area contributed by atoms with Gasteiger partial charge in [0.05, 0.1) is 89.1 Å². The molecule has 4 aromatic carbocycles. The van der Waals surface area contributed by atoms with Gasteiger partial charge in [0.1, 0.15) is 11.5 Å². The van der Waals surface area contributed by atoms with Crippen molar-refractivity contribution in [3.05, 3.63) is 118 Å². The van der Waals surface area contributed by atoms with E-state index in [4.69, 9.17) is 60.8 Å². The van der Waals surface area contributed by atoms with Crippen molar-refractivity contribution < 1.29 is 102 Å². The Labute approximate surface area is 503 Å². The van der Waals surface area contributed by atoms with Crippen molar-refractivity contribution in [2.24, 2.45) is 32.9 Å². The topological polar surface area (TPSA) is 428 Å². The van der Waals surface area contributed by atoms with E-state index in [-0.39, 0.29) is 149 Å². The van der Waals surface area contributed by atoms with Crippen LogP contribution in [0.2, 0.25) is 0 Å². The minimum absolute atomic E-state index is 0.00190. The summed E-state index contributed by atoms with van der Waals surface area (Å²) in [5.41, 5.74) is 20.7. The van der Waals surface area contributed by atoms with Crippen LogP contribution in [0.1, 0.15) is 25.0 Å². The summed E-state index contributed by atoms with van der Waals surface area (Å²) in [6.45, 7) is 3.31. The summed E-state index contributed by atoms with van der Waals surface area (Å²) in [4.78, 5) is 54.7. The number of benzene rings is 4. The van der Waals surface area contributed by atoms with Crippen molar-refractivity contribution in [2.75, 3.05) is 105 Å². The normalized spacial score (nSPS) is 12.6. The molecule has 4 aromatic rings. The number of amides is 4. The van der Waals surface area contributed by atoms with Gasteiger partial charge in [-0.3, -0.25) is 19.2 Å². The van der Waals surface area contributed by atoms with Gasteiger partial charge >= 0.3 is 0 Å². The maximum atomic E-state index is 14.8. The Morgan fingerprint density at radius 1 is 0.477 bits per heavy atom. The second kappa shape index (κ2) is 37.0. The summed E-state index contributed by atoms with van der Waals surface area (Å²) in [6, 6.07) is 13.2. The average molecular weight is 1290 g/mol. The zero-order chi connectivity index (χ0) is 64.8. The lowest BCUT2D eigenvalue weighted by molar-refractivity contribution is -0.146. The molecule has 0 heterocycles. The van der Waals surface area contributed by atoms with Crippen LogP contribution in [0, 0.1) is 23.3 Å². The molecule has 34 heteroatoms. The number of aliphatic imine (C=N–C) groups is 2. The van der Waals surface area contributed by atoms with Crippen molar-refractivity contribution in [3.63, 3.8) is 0 Å². The van der Waals surface area contributed by atoms with Crippen LogP contribution in [-0.2, 0) is 67.6 Å². The highest BCUT2D eigenvalue weighted by Gasteiger charge is 2.30. The molecule has 0 spiro atoms. The molecule has 0 aliphatic rings. The fraction of sp³-hybridized carbons (Fsp3) is 0.370. The molecule has 88 heavy (non-hydrogen) atoms. The summed E-state index contributed by atoms with van der Waals surface area (Å²) in [7, 11) is -8.00. The number of nitrogens with two attached hydrogens (primary N) is 4. The lowest BCUT2D eigenvalue weighted by atomic mass is 10.1. The standard InChI is InChI=1S/C54H68F4N10O18S2/c1-33(49(71)67-53(59)60)27-35-29-41(55)47(42(56)30-35)85-37-3-7-39(8-4-37)87(75,76)65-13-17-81-21-25-83-23-19-79-15-11-63-51(73)45(69)46(70)52(74)64-12-16-80-20-24-84-26-22-82-18-14-66-88(77,78)40-9-5-38(6-10-40)86-48-43(57)31-36(32-44(48)58)28-34(2)50(72)68-54(61)62/h3-10,27-32,45-46,65-66,69-70H,11-26H2,1-2H3,(H,63,73)(H,64,74)(H4,59,60,67,71)(H4,61,62,68,72)/b33-27+,34-28+. The van der Waals surface area contributed by atoms with Gasteiger partial charge in [-0.1, -0.05) is 0 Å². The highest BCUT2D eigenvalue weighted by atomic mass is 32.2. The van der Waals surface area contributed by atoms with Crippen molar-refractivity contribution in [2.45, 2.75) is 35.8 Å². The Bertz CT molecular complexity index is 3070. The number of nitrogens with zero attached hydrogens (tertiary/aromatic N) is 2. The van der Waals surface area contributed by atoms with E-state index in [1.54, 1.807) is 0 Å². The number of nitrogens with one attached hydrogen (secondary N) is 4. The molecule has 0 aliphatic heterocycles. The third-order valence-corrected chi connectivity index (χ3v) is 14.1. The number of hydrogen-bond donors (Lipinski definition) is 10. The first-order chi connectivity index (χ1) is 41.8. The van der Waals surface area contributed by atoms with Crippen molar-refractivity contribution in [1.82, 2.24) is 20.1 Å². The molecule has 4 rings (SSSR count). The number of rotatable bonds is 39. The van der Waals surface area contributed by atoms with Gasteiger partial charge in [0.2, 0.25) is 20.0 Å². The van der Waals surface area contributed by atoms with Crippen molar-refractivity contribution in [1.29, 1.82) is 0 Å². The van der Waals surface area contributed by atoms with E-state index in [1.165, 1.54) is 74.5 Å². The molecule has 0 aromatic heterocycles. The minimum Gasteiger partial charge on any atom is -0.451 e. The van der Waals surface area contributed by atoms with Gasteiger partial charge in [-0.15, -0.1) is 0 Å². The second-order valence-corrected chi connectivity index (χ2v) is 21.6. The molecule has 0 radical (unpaired) electrons. The maximum Gasteiger partial charge on any atom is 0.275 e. The number of aliphatic hydroxyl groups is 2. The van der Waals surface area contributed by atoms with E-state index in [2.05, 4.69) is 30.1 Å². The summed E-state index contributed by atoms with van der Waals surface area (Å²) < 4.78 is 158. The molecule has 2 unspecified atom stereocenters. The third kappa shape index (κ3) is 25.8. The third-order valence-electron chi connectivity index (χ3n) is 11.1. The number of carbonyl (C=O) groups is 4. The molecule has 0 saturated carbocycles. The summed E-state index contributed by atoms with van der Waals surface area (Å²) in [5, 5.41) is 24.9. The molecule has 28 nitrogen and oxygen atoms in total. The summed E-state index contributed by atoms with van der Waals surface area (Å²) >= 11 is 0. The fourth-order valence-corrected chi connectivity index (χ4v) is 8.93. The molecule has 482 valence electrons. The molecule has 0 fully saturated rings. The van der Waals surface area contributed by atoms with E-state index in [0.29, 0.717) is 0 Å². The smallest absolute Gasteiger partial charge is 0.275 e. The van der Waals surface area contributed by atoms with E-state index in [0.717, 1.165) is 24.3 Å². The predicted octanol–water partition coefficient (Wildman–Crippen LogP) is 0.545. The lowest BCUT2D eigenvalue weighted by Gasteiger charge is -2.17. The number of ether oxygens (including phenoxy) is 8. The van der Waals surface area contributed by atoms with Crippen LogP contribution < -0.4 is 52.5 Å². The van der Waals surface area contributed by atoms with Crippen LogP contribution >= 0.6 is 0 Å². The van der Waals surface area contributed by atoms with Gasteiger partial charge in [-0.25, -0.2) is 43.8 Å². The van der Waals surface area contributed by atoms with Crippen LogP contribution in [0.5, 0.6) is 23.0 Å². The summed E-state index contributed by atoms with van der Waals surface area (Å²) in [6.07, 6.45) is -1.82. The number of halogens is 4. The molecule has 14 N–H and O–H groups in total. The Hall–Kier alpha value is -8.00. The monoisotopic (exact) mass is 1280 g/mol. The zero-order valence-corrected chi connectivity index (χ0v) is 49.1. The van der Waals surface area contributed by atoms with Gasteiger partial charge in [-0.05, 0) is 110 Å². The maximum absolute atomic E-state index is 14.8. The first-order valence-electron chi connectivity index (χ1n) is 26.3. The van der Waals surface area contributed by atoms with Gasteiger partial charge in [-0.2, -0.15) is 9.98 Å². The van der Waals surface area contributed by atoms with Crippen LogP contribution in [0.25, 0.3) is 12.2 Å². The Morgan fingerprint density at radius 3 is 1.03 bits per heavy atom. The Kier molecular flexibility index (Phi) is 30.5. The second-order valence-electron chi connectivity index (χ2n) is 18.1. The molecule has 2 atom stereocenters. The Morgan fingerprint density at radius 2 is 0.750 bits per heavy atom. The van der Waals surface area contributed by atoms with Crippen LogP contribution in [0.3, 0.4) is 0 Å². The lowest BCUT2D eigenvalue weighted by Crippen LogP contribution is -2.50. The first kappa shape index (κ1) is 72.5. The minimum atomic E-state index is -4.00. The van der Waals surface area contributed by atoms with E-state index in [9.17, 15) is 63.8 Å². The van der Waals surface area contributed by atoms with Gasteiger partial charge in [0.25, 0.3) is 23.6 Å². The van der Waals surface area contributed by atoms with Crippen molar-refractivity contribution >= 4 is 67.7 Å². The van der Waals surface area contributed by atoms with E-state index < -0.39 is 103 Å². The largest absolute Gasteiger partial charge is 0.451 e. The molecule has 4 amide bonds. The highest BCUT2D eigenvalue weighted by molar-refractivity contribution is 7.89. The van der Waals surface area contributed by atoms with Gasteiger partial charge < -0.3 is 81.7 Å². The first-order valence-corrected chi connectivity index (χ1v) is 29.3. The molecular formula is C54H68F4N10O18S2. The highest BCUT2D eigenvalue weighted by Crippen LogP contribution is 2.32. The number of guanidine groups is 2. The summed E-state index contributed by atoms with van der Waals surface area (Å²) in [5.74, 6) is -10.6. The number of aliphatic hydroxyl groups excluding tert-OH is 2.